The van der Waals surface area contributed by atoms with Gasteiger partial charge in [-0.1, -0.05) is 45.4 Å². The zero-order valence-electron chi connectivity index (χ0n) is 11.5. The number of rotatable bonds is 10. The molecule has 0 unspecified atom stereocenters. The lowest BCUT2D eigenvalue weighted by atomic mass is 10.1. The van der Waals surface area contributed by atoms with Crippen LogP contribution in [0, 0.1) is 0 Å². The van der Waals surface area contributed by atoms with Crippen molar-refractivity contribution >= 4 is 10.3 Å². The van der Waals surface area contributed by atoms with Gasteiger partial charge in [-0.3, -0.25) is 0 Å². The van der Waals surface area contributed by atoms with Crippen LogP contribution < -0.4 is 0 Å². The Morgan fingerprint density at radius 2 is 1.29 bits per heavy atom. The molecule has 0 aliphatic rings. The Morgan fingerprint density at radius 3 is 1.71 bits per heavy atom. The predicted molar refractivity (Wildman–Crippen MR) is 71.1 cm³/mol. The molecule has 0 bridgehead atoms. The summed E-state index contributed by atoms with van der Waals surface area (Å²) >= 11 is 0. The third-order valence-electron chi connectivity index (χ3n) is 3.17. The first kappa shape index (κ1) is 16.9. The summed E-state index contributed by atoms with van der Waals surface area (Å²) in [6.07, 6.45) is 9.46. The van der Waals surface area contributed by atoms with Crippen LogP contribution in [0.4, 0.5) is 0 Å². The standard InChI is InChI=1S/C12H27NO3S/c1-4-5-6-7-8-9-10-11-12-13(2,3)17(14,15)16/h4-12H2,1-3H3/p+1. The molecule has 5 heteroatoms. The van der Waals surface area contributed by atoms with Gasteiger partial charge in [0.25, 0.3) is 0 Å². The number of unbranched alkanes of at least 4 members (excludes halogenated alkanes) is 7. The molecule has 0 saturated carbocycles. The van der Waals surface area contributed by atoms with Gasteiger partial charge in [0.05, 0.1) is 20.6 Å². The van der Waals surface area contributed by atoms with Crippen molar-refractivity contribution in [2.75, 3.05) is 20.6 Å². The van der Waals surface area contributed by atoms with Crippen LogP contribution in [0.3, 0.4) is 0 Å². The Balaban J connectivity index is 3.52. The predicted octanol–water partition coefficient (Wildman–Crippen LogP) is 3.01. The maximum Gasteiger partial charge on any atom is 0.432 e. The van der Waals surface area contributed by atoms with Crippen molar-refractivity contribution in [2.24, 2.45) is 0 Å². The second-order valence-corrected chi connectivity index (χ2v) is 7.10. The van der Waals surface area contributed by atoms with Crippen molar-refractivity contribution in [3.63, 3.8) is 0 Å². The molecule has 0 heterocycles. The molecule has 4 nitrogen and oxygen atoms in total. The lowest BCUT2D eigenvalue weighted by Crippen LogP contribution is -2.45. The molecule has 0 aliphatic carbocycles. The second-order valence-electron chi connectivity index (χ2n) is 5.22. The normalized spacial score (nSPS) is 12.9. The third-order valence-corrected chi connectivity index (χ3v) is 4.61. The summed E-state index contributed by atoms with van der Waals surface area (Å²) < 4.78 is 30.7. The Hall–Kier alpha value is -0.130. The maximum absolute atomic E-state index is 11.0. The van der Waals surface area contributed by atoms with Crippen LogP contribution in [0.15, 0.2) is 0 Å². The van der Waals surface area contributed by atoms with Crippen LogP contribution in [-0.2, 0) is 10.3 Å². The largest absolute Gasteiger partial charge is 0.432 e. The van der Waals surface area contributed by atoms with Gasteiger partial charge in [-0.15, -0.1) is 8.42 Å². The van der Waals surface area contributed by atoms with E-state index in [9.17, 15) is 8.42 Å². The molecule has 0 saturated heterocycles. The molecule has 1 N–H and O–H groups in total. The molecular formula is C12H28NO3S+. The molecule has 0 fully saturated rings. The average Bonchev–Trinajstić information content (AvgIpc) is 2.20. The Morgan fingerprint density at radius 1 is 0.882 bits per heavy atom. The molecule has 0 aromatic rings. The van der Waals surface area contributed by atoms with Gasteiger partial charge < -0.3 is 0 Å². The monoisotopic (exact) mass is 266 g/mol. The Labute approximate surface area is 106 Å². The first-order chi connectivity index (χ1) is 7.81. The van der Waals surface area contributed by atoms with Gasteiger partial charge in [-0.05, 0) is 12.8 Å². The van der Waals surface area contributed by atoms with Crippen LogP contribution in [0.25, 0.3) is 0 Å². The highest BCUT2D eigenvalue weighted by molar-refractivity contribution is 7.80. The smallest absolute Gasteiger partial charge is 0.241 e. The highest BCUT2D eigenvalue weighted by Crippen LogP contribution is 2.12. The zero-order chi connectivity index (χ0) is 13.4. The van der Waals surface area contributed by atoms with Crippen molar-refractivity contribution in [2.45, 2.75) is 58.3 Å². The van der Waals surface area contributed by atoms with E-state index in [1.54, 1.807) is 0 Å². The number of hydrogen-bond acceptors (Lipinski definition) is 2. The fourth-order valence-electron chi connectivity index (χ4n) is 1.74. The summed E-state index contributed by atoms with van der Waals surface area (Å²) in [5, 5.41) is 0. The van der Waals surface area contributed by atoms with Gasteiger partial charge in [-0.25, -0.2) is 4.55 Å². The second kappa shape index (κ2) is 8.06. The summed E-state index contributed by atoms with van der Waals surface area (Å²) in [6, 6.07) is 0. The van der Waals surface area contributed by atoms with Gasteiger partial charge in [-0.2, -0.15) is 3.89 Å². The molecule has 17 heavy (non-hydrogen) atoms. The molecule has 0 atom stereocenters. The van der Waals surface area contributed by atoms with E-state index in [2.05, 4.69) is 6.92 Å². The van der Waals surface area contributed by atoms with E-state index in [1.807, 2.05) is 0 Å². The van der Waals surface area contributed by atoms with E-state index in [4.69, 9.17) is 4.55 Å². The van der Waals surface area contributed by atoms with Crippen LogP contribution >= 0.6 is 0 Å². The molecule has 0 aromatic heterocycles. The van der Waals surface area contributed by atoms with Crippen molar-refractivity contribution < 1.29 is 16.9 Å². The van der Waals surface area contributed by atoms with Gasteiger partial charge in [0.15, 0.2) is 0 Å². The van der Waals surface area contributed by atoms with E-state index < -0.39 is 10.3 Å². The van der Waals surface area contributed by atoms with E-state index >= 15 is 0 Å². The summed E-state index contributed by atoms with van der Waals surface area (Å²) in [7, 11) is -0.921. The minimum Gasteiger partial charge on any atom is -0.241 e. The van der Waals surface area contributed by atoms with Crippen LogP contribution in [0.1, 0.15) is 58.3 Å². The first-order valence-corrected chi connectivity index (χ1v) is 8.01. The summed E-state index contributed by atoms with van der Waals surface area (Å²) in [5.41, 5.74) is 0. The molecular weight excluding hydrogens is 238 g/mol. The van der Waals surface area contributed by atoms with Crippen LogP contribution in [0.2, 0.25) is 0 Å². The number of quaternary nitrogens is 1. The minimum atomic E-state index is -3.97. The molecule has 0 aromatic carbocycles. The molecule has 0 radical (unpaired) electrons. The zero-order valence-corrected chi connectivity index (χ0v) is 12.3. The van der Waals surface area contributed by atoms with Gasteiger partial charge >= 0.3 is 10.3 Å². The summed E-state index contributed by atoms with van der Waals surface area (Å²) in [5.74, 6) is 0. The molecule has 0 amide bonds. The Bertz CT molecular complexity index is 286. The molecule has 104 valence electrons. The van der Waals surface area contributed by atoms with Crippen molar-refractivity contribution in [3.05, 3.63) is 0 Å². The van der Waals surface area contributed by atoms with Crippen LogP contribution in [-0.4, -0.2) is 37.5 Å². The number of hydrogen-bond donors (Lipinski definition) is 1. The summed E-state index contributed by atoms with van der Waals surface area (Å²) in [6.45, 7) is 2.68. The highest BCUT2D eigenvalue weighted by atomic mass is 32.2. The molecule has 0 aliphatic heterocycles. The third kappa shape index (κ3) is 7.73. The van der Waals surface area contributed by atoms with E-state index in [-0.39, 0.29) is 3.89 Å². The van der Waals surface area contributed by atoms with Gasteiger partial charge in [0.2, 0.25) is 0 Å². The molecule has 0 spiro atoms. The fraction of sp³-hybridized carbons (Fsp3) is 1.00. The minimum absolute atomic E-state index is 0.331. The first-order valence-electron chi connectivity index (χ1n) is 6.62. The lowest BCUT2D eigenvalue weighted by Gasteiger charge is -2.24. The van der Waals surface area contributed by atoms with Crippen molar-refractivity contribution in [3.8, 4) is 0 Å². The lowest BCUT2D eigenvalue weighted by molar-refractivity contribution is -0.767. The van der Waals surface area contributed by atoms with E-state index in [1.165, 1.54) is 46.2 Å². The van der Waals surface area contributed by atoms with Gasteiger partial charge in [0.1, 0.15) is 0 Å². The quantitative estimate of drug-likeness (QED) is 0.376. The SMILES string of the molecule is CCCCCCCCCC[N+](C)(C)S(=O)(=O)O. The molecule has 0 rings (SSSR count). The van der Waals surface area contributed by atoms with E-state index in [0.717, 1.165) is 19.3 Å². The average molecular weight is 266 g/mol. The highest BCUT2D eigenvalue weighted by Gasteiger charge is 2.29. The maximum atomic E-state index is 11.0. The van der Waals surface area contributed by atoms with Crippen molar-refractivity contribution in [1.29, 1.82) is 0 Å². The van der Waals surface area contributed by atoms with Crippen molar-refractivity contribution in [1.82, 2.24) is 0 Å². The van der Waals surface area contributed by atoms with Gasteiger partial charge in [0, 0.05) is 0 Å². The van der Waals surface area contributed by atoms with Crippen LogP contribution in [0.5, 0.6) is 0 Å². The van der Waals surface area contributed by atoms with E-state index in [0.29, 0.717) is 6.54 Å². The Kier molecular flexibility index (Phi) is 8.00. The number of nitrogens with zero attached hydrogens (tertiary/aromatic N) is 1. The topological polar surface area (TPSA) is 54.4 Å². The summed E-state index contributed by atoms with van der Waals surface area (Å²) in [4.78, 5) is 0. The fourth-order valence-corrected chi connectivity index (χ4v) is 2.10.